The first kappa shape index (κ1) is 20.2. The van der Waals surface area contributed by atoms with Crippen LogP contribution in [0.15, 0.2) is 41.3 Å². The lowest BCUT2D eigenvalue weighted by molar-refractivity contribution is 0.423. The van der Waals surface area contributed by atoms with Crippen molar-refractivity contribution in [1.29, 1.82) is 0 Å². The summed E-state index contributed by atoms with van der Waals surface area (Å²) in [5, 5.41) is 10.7. The maximum atomic E-state index is 13.4. The van der Waals surface area contributed by atoms with Crippen LogP contribution < -0.4 is 4.72 Å². The molecule has 0 heterocycles. The molecule has 0 amide bonds. The Balaban J connectivity index is 2.60. The predicted molar refractivity (Wildman–Crippen MR) is 103 cm³/mol. The lowest BCUT2D eigenvalue weighted by atomic mass is 9.79. The summed E-state index contributed by atoms with van der Waals surface area (Å²) in [6, 6.07) is 8.10. The van der Waals surface area contributed by atoms with Gasteiger partial charge in [-0.2, -0.15) is 0 Å². The summed E-state index contributed by atoms with van der Waals surface area (Å²) < 4.78 is 41.2. The van der Waals surface area contributed by atoms with Gasteiger partial charge in [0.25, 0.3) is 10.0 Å². The molecule has 0 saturated carbocycles. The van der Waals surface area contributed by atoms with Gasteiger partial charge in [-0.15, -0.1) is 0 Å². The number of aromatic hydroxyl groups is 1. The van der Waals surface area contributed by atoms with E-state index in [9.17, 15) is 17.9 Å². The van der Waals surface area contributed by atoms with Crippen LogP contribution in [0.1, 0.15) is 52.7 Å². The van der Waals surface area contributed by atoms with Crippen LogP contribution in [0, 0.1) is 5.82 Å². The molecule has 0 atom stereocenters. The van der Waals surface area contributed by atoms with Crippen LogP contribution in [0.2, 0.25) is 0 Å². The third kappa shape index (κ3) is 4.36. The molecule has 0 aliphatic carbocycles. The van der Waals surface area contributed by atoms with Crippen LogP contribution in [0.25, 0.3) is 0 Å². The molecule has 2 N–H and O–H groups in total. The average Bonchev–Trinajstić information content (AvgIpc) is 2.46. The number of sulfonamides is 1. The van der Waals surface area contributed by atoms with E-state index in [2.05, 4.69) is 4.72 Å². The van der Waals surface area contributed by atoms with Crippen molar-refractivity contribution in [1.82, 2.24) is 0 Å². The van der Waals surface area contributed by atoms with E-state index < -0.39 is 15.8 Å². The molecular weight excluding hydrogens is 353 g/mol. The van der Waals surface area contributed by atoms with Gasteiger partial charge < -0.3 is 5.11 Å². The SMILES string of the molecule is CC(C)(C)c1cc(NS(=O)(=O)c2cccc(F)c2)cc(C(C)(C)C)c1O. The zero-order valence-electron chi connectivity index (χ0n) is 16.0. The molecule has 2 rings (SSSR count). The van der Waals surface area contributed by atoms with Gasteiger partial charge in [0.05, 0.1) is 4.90 Å². The number of halogens is 1. The van der Waals surface area contributed by atoms with Crippen molar-refractivity contribution in [3.63, 3.8) is 0 Å². The molecule has 0 fully saturated rings. The molecule has 0 bridgehead atoms. The molecule has 6 heteroatoms. The Hall–Kier alpha value is -2.08. The normalized spacial score (nSPS) is 12.9. The van der Waals surface area contributed by atoms with Crippen molar-refractivity contribution in [2.45, 2.75) is 57.3 Å². The topological polar surface area (TPSA) is 66.4 Å². The highest BCUT2D eigenvalue weighted by Gasteiger charge is 2.27. The number of hydrogen-bond donors (Lipinski definition) is 2. The van der Waals surface area contributed by atoms with Crippen molar-refractivity contribution >= 4 is 15.7 Å². The maximum absolute atomic E-state index is 13.4. The molecule has 0 aliphatic heterocycles. The van der Waals surface area contributed by atoms with Crippen molar-refractivity contribution in [3.05, 3.63) is 53.3 Å². The number of phenolic OH excluding ortho intramolecular Hbond substituents is 1. The standard InChI is InChI=1S/C20H26FNO3S/c1-19(2,3)16-11-14(12-17(18(16)23)20(4,5)6)22-26(24,25)15-9-7-8-13(21)10-15/h7-12,22-23H,1-6H3. The molecule has 4 nitrogen and oxygen atoms in total. The fourth-order valence-corrected chi connectivity index (χ4v) is 3.76. The van der Waals surface area contributed by atoms with Crippen LogP contribution in [-0.4, -0.2) is 13.5 Å². The summed E-state index contributed by atoms with van der Waals surface area (Å²) in [4.78, 5) is -0.153. The van der Waals surface area contributed by atoms with Crippen molar-refractivity contribution in [2.24, 2.45) is 0 Å². The van der Waals surface area contributed by atoms with Crippen molar-refractivity contribution in [2.75, 3.05) is 4.72 Å². The molecule has 26 heavy (non-hydrogen) atoms. The highest BCUT2D eigenvalue weighted by Crippen LogP contribution is 2.41. The van der Waals surface area contributed by atoms with Crippen LogP contribution in [-0.2, 0) is 20.9 Å². The molecular formula is C20H26FNO3S. The Kier molecular flexibility index (Phi) is 5.12. The van der Waals surface area contributed by atoms with E-state index in [-0.39, 0.29) is 21.5 Å². The number of hydrogen-bond acceptors (Lipinski definition) is 3. The van der Waals surface area contributed by atoms with Gasteiger partial charge in [-0.3, -0.25) is 4.72 Å². The second-order valence-electron chi connectivity index (χ2n) is 8.48. The van der Waals surface area contributed by atoms with E-state index in [1.807, 2.05) is 41.5 Å². The van der Waals surface area contributed by atoms with Gasteiger partial charge in [0.15, 0.2) is 0 Å². The lowest BCUT2D eigenvalue weighted by Gasteiger charge is -2.28. The highest BCUT2D eigenvalue weighted by atomic mass is 32.2. The summed E-state index contributed by atoms with van der Waals surface area (Å²) in [5.74, 6) is -0.456. The molecule has 142 valence electrons. The summed E-state index contributed by atoms with van der Waals surface area (Å²) in [6.45, 7) is 11.7. The largest absolute Gasteiger partial charge is 0.507 e. The van der Waals surface area contributed by atoms with Gasteiger partial charge in [0.1, 0.15) is 11.6 Å². The molecule has 2 aromatic rings. The molecule has 2 aromatic carbocycles. The van der Waals surface area contributed by atoms with Gasteiger partial charge in [-0.05, 0) is 41.2 Å². The van der Waals surface area contributed by atoms with Gasteiger partial charge in [-0.1, -0.05) is 47.6 Å². The summed E-state index contributed by atoms with van der Waals surface area (Å²) >= 11 is 0. The van der Waals surface area contributed by atoms with Crippen LogP contribution in [0.3, 0.4) is 0 Å². The summed E-state index contributed by atoms with van der Waals surface area (Å²) in [6.07, 6.45) is 0. The number of phenols is 1. The zero-order chi connectivity index (χ0) is 19.9. The molecule has 0 unspecified atom stereocenters. The lowest BCUT2D eigenvalue weighted by Crippen LogP contribution is -2.19. The Morgan fingerprint density at radius 1 is 0.923 bits per heavy atom. The van der Waals surface area contributed by atoms with E-state index >= 15 is 0 Å². The number of nitrogens with one attached hydrogen (secondary N) is 1. The Bertz CT molecular complexity index is 888. The summed E-state index contributed by atoms with van der Waals surface area (Å²) in [7, 11) is -3.94. The van der Waals surface area contributed by atoms with Crippen molar-refractivity contribution in [3.8, 4) is 5.75 Å². The molecule has 0 aliphatic rings. The van der Waals surface area contributed by atoms with E-state index in [1.165, 1.54) is 18.2 Å². The monoisotopic (exact) mass is 379 g/mol. The second kappa shape index (κ2) is 6.58. The number of rotatable bonds is 3. The molecule has 0 aromatic heterocycles. The fourth-order valence-electron chi connectivity index (χ4n) is 2.69. The third-order valence-corrected chi connectivity index (χ3v) is 5.46. The smallest absolute Gasteiger partial charge is 0.261 e. The van der Waals surface area contributed by atoms with Gasteiger partial charge in [-0.25, -0.2) is 12.8 Å². The zero-order valence-corrected chi connectivity index (χ0v) is 16.8. The molecule has 0 radical (unpaired) electrons. The van der Waals surface area contributed by atoms with Crippen molar-refractivity contribution < 1.29 is 17.9 Å². The first-order chi connectivity index (χ1) is 11.7. The number of benzene rings is 2. The van der Waals surface area contributed by atoms with Crippen LogP contribution >= 0.6 is 0 Å². The van der Waals surface area contributed by atoms with E-state index in [1.54, 1.807) is 12.1 Å². The average molecular weight is 379 g/mol. The minimum absolute atomic E-state index is 0.153. The summed E-state index contributed by atoms with van der Waals surface area (Å²) in [5.41, 5.74) is 0.847. The van der Waals surface area contributed by atoms with Crippen LogP contribution in [0.4, 0.5) is 10.1 Å². The maximum Gasteiger partial charge on any atom is 0.261 e. The van der Waals surface area contributed by atoms with Gasteiger partial charge >= 0.3 is 0 Å². The second-order valence-corrected chi connectivity index (χ2v) is 10.2. The number of anilines is 1. The van der Waals surface area contributed by atoms with E-state index in [4.69, 9.17) is 0 Å². The first-order valence-electron chi connectivity index (χ1n) is 8.38. The minimum atomic E-state index is -3.94. The Morgan fingerprint density at radius 3 is 1.85 bits per heavy atom. The first-order valence-corrected chi connectivity index (χ1v) is 9.86. The molecule has 0 saturated heterocycles. The Morgan fingerprint density at radius 2 is 1.42 bits per heavy atom. The predicted octanol–water partition coefficient (Wildman–Crippen LogP) is 4.93. The Labute approximate surface area is 155 Å². The minimum Gasteiger partial charge on any atom is -0.507 e. The van der Waals surface area contributed by atoms with Gasteiger partial charge in [0, 0.05) is 16.8 Å². The van der Waals surface area contributed by atoms with E-state index in [0.29, 0.717) is 16.8 Å². The third-order valence-electron chi connectivity index (χ3n) is 4.08. The van der Waals surface area contributed by atoms with Gasteiger partial charge in [0.2, 0.25) is 0 Å². The quantitative estimate of drug-likeness (QED) is 0.743. The van der Waals surface area contributed by atoms with E-state index in [0.717, 1.165) is 6.07 Å². The molecule has 0 spiro atoms. The highest BCUT2D eigenvalue weighted by molar-refractivity contribution is 7.92. The van der Waals surface area contributed by atoms with Crippen LogP contribution in [0.5, 0.6) is 5.75 Å². The fraction of sp³-hybridized carbons (Fsp3) is 0.400.